The maximum absolute atomic E-state index is 14.0. The standard InChI is InChI=1S/C17H17FN2S/c1-11-6-8-12(9-7-11)16-10-15(20-17(19)21-16)13-4-2-3-5-14(13)18/h2-9,15-16H,10H2,1H3,(H2,19,20)/t15-,16+/m0/s1. The summed E-state index contributed by atoms with van der Waals surface area (Å²) >= 11 is 1.55. The fraction of sp³-hybridized carbons (Fsp3) is 0.235. The van der Waals surface area contributed by atoms with E-state index >= 15 is 0 Å². The minimum Gasteiger partial charge on any atom is -0.379 e. The first-order chi connectivity index (χ1) is 10.1. The number of amidine groups is 1. The lowest BCUT2D eigenvalue weighted by Crippen LogP contribution is -2.19. The minimum absolute atomic E-state index is 0.209. The van der Waals surface area contributed by atoms with E-state index in [4.69, 9.17) is 5.73 Å². The van der Waals surface area contributed by atoms with Crippen LogP contribution in [0, 0.1) is 12.7 Å². The highest BCUT2D eigenvalue weighted by Crippen LogP contribution is 2.43. The summed E-state index contributed by atoms with van der Waals surface area (Å²) < 4.78 is 14.0. The molecule has 21 heavy (non-hydrogen) atoms. The van der Waals surface area contributed by atoms with Crippen LogP contribution in [0.1, 0.15) is 34.4 Å². The van der Waals surface area contributed by atoms with Crippen molar-refractivity contribution in [3.05, 3.63) is 71.0 Å². The molecule has 0 bridgehead atoms. The van der Waals surface area contributed by atoms with Crippen LogP contribution in [0.2, 0.25) is 0 Å². The largest absolute Gasteiger partial charge is 0.379 e. The van der Waals surface area contributed by atoms with Gasteiger partial charge < -0.3 is 5.73 Å². The Morgan fingerprint density at radius 2 is 1.86 bits per heavy atom. The number of aryl methyl sites for hydroxylation is 1. The SMILES string of the molecule is Cc1ccc([C@H]2C[C@@H](c3ccccc3F)N=C(N)S2)cc1. The molecule has 0 radical (unpaired) electrons. The van der Waals surface area contributed by atoms with Crippen LogP contribution in [0.5, 0.6) is 0 Å². The van der Waals surface area contributed by atoms with Crippen molar-refractivity contribution in [2.24, 2.45) is 10.7 Å². The third-order valence-electron chi connectivity index (χ3n) is 3.70. The van der Waals surface area contributed by atoms with Crippen molar-refractivity contribution in [3.63, 3.8) is 0 Å². The monoisotopic (exact) mass is 300 g/mol. The number of hydrogen-bond acceptors (Lipinski definition) is 3. The van der Waals surface area contributed by atoms with Crippen molar-refractivity contribution in [3.8, 4) is 0 Å². The van der Waals surface area contributed by atoms with E-state index in [0.717, 1.165) is 6.42 Å². The maximum Gasteiger partial charge on any atom is 0.155 e. The zero-order chi connectivity index (χ0) is 14.8. The Hall–Kier alpha value is -1.81. The van der Waals surface area contributed by atoms with E-state index in [9.17, 15) is 4.39 Å². The highest BCUT2D eigenvalue weighted by atomic mass is 32.2. The van der Waals surface area contributed by atoms with Gasteiger partial charge in [-0.1, -0.05) is 59.8 Å². The molecule has 1 heterocycles. The van der Waals surface area contributed by atoms with Gasteiger partial charge in [0.05, 0.1) is 6.04 Å². The van der Waals surface area contributed by atoms with Gasteiger partial charge in [-0.25, -0.2) is 4.39 Å². The van der Waals surface area contributed by atoms with Crippen LogP contribution in [0.15, 0.2) is 53.5 Å². The molecule has 0 saturated heterocycles. The Bertz CT molecular complexity index is 667. The van der Waals surface area contributed by atoms with Gasteiger partial charge >= 0.3 is 0 Å². The van der Waals surface area contributed by atoms with E-state index in [-0.39, 0.29) is 17.1 Å². The van der Waals surface area contributed by atoms with Crippen molar-refractivity contribution >= 4 is 16.9 Å². The first-order valence-electron chi connectivity index (χ1n) is 6.94. The summed E-state index contributed by atoms with van der Waals surface area (Å²) in [6, 6.07) is 15.0. The number of nitrogens with zero attached hydrogens (tertiary/aromatic N) is 1. The molecule has 0 fully saturated rings. The maximum atomic E-state index is 14.0. The van der Waals surface area contributed by atoms with E-state index in [1.54, 1.807) is 23.9 Å². The molecule has 4 heteroatoms. The van der Waals surface area contributed by atoms with Gasteiger partial charge in [0, 0.05) is 10.8 Å². The quantitative estimate of drug-likeness (QED) is 0.894. The number of rotatable bonds is 2. The van der Waals surface area contributed by atoms with E-state index in [1.165, 1.54) is 17.2 Å². The van der Waals surface area contributed by atoms with Crippen LogP contribution in [0.4, 0.5) is 4.39 Å². The molecule has 0 aromatic heterocycles. The molecule has 2 aromatic carbocycles. The number of thioether (sulfide) groups is 1. The molecule has 108 valence electrons. The molecule has 1 aliphatic heterocycles. The van der Waals surface area contributed by atoms with Gasteiger partial charge in [-0.2, -0.15) is 0 Å². The summed E-state index contributed by atoms with van der Waals surface area (Å²) in [4.78, 5) is 4.42. The molecule has 2 aromatic rings. The molecule has 0 amide bonds. The lowest BCUT2D eigenvalue weighted by molar-refractivity contribution is 0.560. The number of benzene rings is 2. The molecule has 2 atom stereocenters. The summed E-state index contributed by atoms with van der Waals surface area (Å²) in [7, 11) is 0. The molecular weight excluding hydrogens is 283 g/mol. The second-order valence-electron chi connectivity index (χ2n) is 5.26. The minimum atomic E-state index is -0.214. The van der Waals surface area contributed by atoms with Crippen LogP contribution >= 0.6 is 11.8 Å². The second kappa shape index (κ2) is 5.90. The number of nitrogens with two attached hydrogens (primary N) is 1. The van der Waals surface area contributed by atoms with Crippen molar-refractivity contribution < 1.29 is 4.39 Å². The van der Waals surface area contributed by atoms with Crippen molar-refractivity contribution in [2.75, 3.05) is 0 Å². The van der Waals surface area contributed by atoms with Gasteiger partial charge in [0.1, 0.15) is 5.82 Å². The topological polar surface area (TPSA) is 38.4 Å². The Morgan fingerprint density at radius 3 is 2.57 bits per heavy atom. The third kappa shape index (κ3) is 3.10. The van der Waals surface area contributed by atoms with E-state index in [1.807, 2.05) is 6.07 Å². The van der Waals surface area contributed by atoms with Crippen LogP contribution in [-0.4, -0.2) is 5.17 Å². The molecule has 3 rings (SSSR count). The van der Waals surface area contributed by atoms with Gasteiger partial charge in [-0.05, 0) is 25.0 Å². The van der Waals surface area contributed by atoms with Gasteiger partial charge in [0.15, 0.2) is 5.17 Å². The fourth-order valence-electron chi connectivity index (χ4n) is 2.56. The Labute approximate surface area is 128 Å². The fourth-order valence-corrected chi connectivity index (χ4v) is 3.61. The van der Waals surface area contributed by atoms with E-state index < -0.39 is 0 Å². The number of aliphatic imine (C=N–C) groups is 1. The summed E-state index contributed by atoms with van der Waals surface area (Å²) in [6.45, 7) is 2.07. The highest BCUT2D eigenvalue weighted by Gasteiger charge is 2.27. The summed E-state index contributed by atoms with van der Waals surface area (Å²) in [5.41, 5.74) is 9.03. The molecule has 0 unspecified atom stereocenters. The lowest BCUT2D eigenvalue weighted by atomic mass is 9.98. The predicted molar refractivity (Wildman–Crippen MR) is 86.9 cm³/mol. The van der Waals surface area contributed by atoms with Crippen molar-refractivity contribution in [1.82, 2.24) is 0 Å². The zero-order valence-corrected chi connectivity index (χ0v) is 12.6. The highest BCUT2D eigenvalue weighted by molar-refractivity contribution is 8.14. The molecule has 2 nitrogen and oxygen atoms in total. The Kier molecular flexibility index (Phi) is 3.97. The molecule has 0 aliphatic carbocycles. The average Bonchev–Trinajstić information content (AvgIpc) is 2.48. The molecular formula is C17H17FN2S. The van der Waals surface area contributed by atoms with Crippen LogP contribution < -0.4 is 5.73 Å². The first-order valence-corrected chi connectivity index (χ1v) is 7.82. The Morgan fingerprint density at radius 1 is 1.14 bits per heavy atom. The zero-order valence-electron chi connectivity index (χ0n) is 11.8. The average molecular weight is 300 g/mol. The second-order valence-corrected chi connectivity index (χ2v) is 6.48. The first kappa shape index (κ1) is 14.1. The van der Waals surface area contributed by atoms with Crippen molar-refractivity contribution in [1.29, 1.82) is 0 Å². The van der Waals surface area contributed by atoms with Crippen LogP contribution in [0.3, 0.4) is 0 Å². The van der Waals surface area contributed by atoms with Gasteiger partial charge in [0.2, 0.25) is 0 Å². The van der Waals surface area contributed by atoms with Crippen molar-refractivity contribution in [2.45, 2.75) is 24.6 Å². The summed E-state index contributed by atoms with van der Waals surface area (Å²) in [5.74, 6) is -0.214. The predicted octanol–water partition coefficient (Wildman–Crippen LogP) is 4.37. The molecule has 0 spiro atoms. The molecule has 1 aliphatic rings. The lowest BCUT2D eigenvalue weighted by Gasteiger charge is -2.26. The number of hydrogen-bond donors (Lipinski definition) is 1. The van der Waals surface area contributed by atoms with Gasteiger partial charge in [0.25, 0.3) is 0 Å². The van der Waals surface area contributed by atoms with Crippen LogP contribution in [0.25, 0.3) is 0 Å². The third-order valence-corrected chi connectivity index (χ3v) is 4.79. The van der Waals surface area contributed by atoms with E-state index in [0.29, 0.717) is 10.7 Å². The molecule has 2 N–H and O–H groups in total. The number of halogens is 1. The van der Waals surface area contributed by atoms with E-state index in [2.05, 4.69) is 36.2 Å². The van der Waals surface area contributed by atoms with Gasteiger partial charge in [-0.3, -0.25) is 4.99 Å². The van der Waals surface area contributed by atoms with Gasteiger partial charge in [-0.15, -0.1) is 0 Å². The Balaban J connectivity index is 1.89. The smallest absolute Gasteiger partial charge is 0.155 e. The summed E-state index contributed by atoms with van der Waals surface area (Å²) in [6.07, 6.45) is 0.759. The molecule has 0 saturated carbocycles. The normalized spacial score (nSPS) is 21.9. The summed E-state index contributed by atoms with van der Waals surface area (Å²) in [5, 5.41) is 0.743. The van der Waals surface area contributed by atoms with Crippen LogP contribution in [-0.2, 0) is 0 Å².